The molecule has 0 radical (unpaired) electrons. The fourth-order valence-electron chi connectivity index (χ4n) is 5.61. The standard InChI is InChI=1S/C30H39N5O3/c1-29(2,3)21-12-14-24(15-13-21)35(27(37)26-17-25(36)19-34(26)20-31)30(4,22-9-8-16-32-18-22)28(38)33-23-10-6-5-7-11-23/h8-9,12-16,18,23,25-26,36H,5-7,10-11,17,19H2,1-4H3,(H,33,38)/t25-,26-,30?/m1/s1. The summed E-state index contributed by atoms with van der Waals surface area (Å²) in [5.74, 6) is -0.690. The van der Waals surface area contributed by atoms with Crippen molar-refractivity contribution in [3.63, 3.8) is 0 Å². The Kier molecular flexibility index (Phi) is 8.08. The average Bonchev–Trinajstić information content (AvgIpc) is 3.30. The molecule has 8 nitrogen and oxygen atoms in total. The summed E-state index contributed by atoms with van der Waals surface area (Å²) in [5.41, 5.74) is 0.682. The van der Waals surface area contributed by atoms with E-state index in [0.29, 0.717) is 11.3 Å². The summed E-state index contributed by atoms with van der Waals surface area (Å²) in [6, 6.07) is 10.4. The molecule has 1 aliphatic heterocycles. The highest BCUT2D eigenvalue weighted by molar-refractivity contribution is 6.06. The Morgan fingerprint density at radius 2 is 1.76 bits per heavy atom. The zero-order chi connectivity index (χ0) is 27.5. The lowest BCUT2D eigenvalue weighted by Crippen LogP contribution is -2.61. The Morgan fingerprint density at radius 3 is 2.34 bits per heavy atom. The van der Waals surface area contributed by atoms with Gasteiger partial charge in [0.1, 0.15) is 6.04 Å². The predicted octanol–water partition coefficient (Wildman–Crippen LogP) is 3.99. The third kappa shape index (κ3) is 5.53. The first-order chi connectivity index (χ1) is 18.1. The molecule has 38 heavy (non-hydrogen) atoms. The number of aromatic nitrogens is 1. The van der Waals surface area contributed by atoms with Crippen molar-refractivity contribution in [2.75, 3.05) is 11.4 Å². The van der Waals surface area contributed by atoms with Gasteiger partial charge in [-0.15, -0.1) is 0 Å². The molecule has 1 saturated carbocycles. The number of likely N-dealkylation sites (tertiary alicyclic amines) is 1. The molecule has 1 saturated heterocycles. The van der Waals surface area contributed by atoms with Gasteiger partial charge in [-0.2, -0.15) is 5.26 Å². The molecule has 4 rings (SSSR count). The molecule has 2 aliphatic rings. The molecule has 202 valence electrons. The second-order valence-electron chi connectivity index (χ2n) is 11.8. The Balaban J connectivity index is 1.84. The molecule has 2 amide bonds. The van der Waals surface area contributed by atoms with Crippen molar-refractivity contribution in [2.24, 2.45) is 0 Å². The van der Waals surface area contributed by atoms with Gasteiger partial charge in [0.15, 0.2) is 11.7 Å². The Morgan fingerprint density at radius 1 is 1.08 bits per heavy atom. The third-order valence-corrected chi connectivity index (χ3v) is 7.96. The molecular weight excluding hydrogens is 478 g/mol. The third-order valence-electron chi connectivity index (χ3n) is 7.96. The SMILES string of the molecule is CC(C)(C)c1ccc(N(C(=O)[C@H]2C[C@@H](O)CN2C#N)C(C)(C(=O)NC2CCCCC2)c2cccnc2)cc1. The maximum atomic E-state index is 14.4. The lowest BCUT2D eigenvalue weighted by Gasteiger charge is -2.43. The lowest BCUT2D eigenvalue weighted by molar-refractivity contribution is -0.132. The number of anilines is 1. The summed E-state index contributed by atoms with van der Waals surface area (Å²) in [6.45, 7) is 8.19. The fraction of sp³-hybridized carbons (Fsp3) is 0.533. The first-order valence-corrected chi connectivity index (χ1v) is 13.6. The first kappa shape index (κ1) is 27.6. The summed E-state index contributed by atoms with van der Waals surface area (Å²) in [6.07, 6.45) is 9.72. The second-order valence-corrected chi connectivity index (χ2v) is 11.8. The number of benzene rings is 1. The van der Waals surface area contributed by atoms with Crippen LogP contribution in [0.3, 0.4) is 0 Å². The number of nitrogens with one attached hydrogen (secondary N) is 1. The van der Waals surface area contributed by atoms with Crippen LogP contribution in [-0.4, -0.2) is 51.5 Å². The number of hydrogen-bond donors (Lipinski definition) is 2. The minimum atomic E-state index is -1.44. The van der Waals surface area contributed by atoms with Gasteiger partial charge < -0.3 is 10.4 Å². The van der Waals surface area contributed by atoms with Crippen LogP contribution < -0.4 is 10.2 Å². The number of carbonyl (C=O) groups excluding carboxylic acids is 2. The largest absolute Gasteiger partial charge is 0.391 e. The molecule has 0 bridgehead atoms. The van der Waals surface area contributed by atoms with Crippen molar-refractivity contribution in [1.29, 1.82) is 5.26 Å². The van der Waals surface area contributed by atoms with Crippen LogP contribution in [0.15, 0.2) is 48.8 Å². The van der Waals surface area contributed by atoms with Crippen LogP contribution in [0.2, 0.25) is 0 Å². The zero-order valence-electron chi connectivity index (χ0n) is 22.9. The first-order valence-electron chi connectivity index (χ1n) is 13.6. The van der Waals surface area contributed by atoms with E-state index in [2.05, 4.69) is 37.3 Å². The molecule has 1 aromatic carbocycles. The van der Waals surface area contributed by atoms with Crippen molar-refractivity contribution in [2.45, 2.75) is 95.4 Å². The number of β-amino-alcohol motifs (C(OH)–C–C–N with tert-alkyl or cyclic N) is 1. The molecule has 2 fully saturated rings. The van der Waals surface area contributed by atoms with E-state index in [1.807, 2.05) is 30.3 Å². The number of pyridine rings is 1. The van der Waals surface area contributed by atoms with Crippen molar-refractivity contribution in [1.82, 2.24) is 15.2 Å². The highest BCUT2D eigenvalue weighted by atomic mass is 16.3. The number of nitriles is 1. The maximum Gasteiger partial charge on any atom is 0.251 e. The van der Waals surface area contributed by atoms with Gasteiger partial charge in [-0.3, -0.25) is 24.4 Å². The summed E-state index contributed by atoms with van der Waals surface area (Å²) in [7, 11) is 0. The van der Waals surface area contributed by atoms with E-state index in [9.17, 15) is 20.0 Å². The molecule has 1 aliphatic carbocycles. The Bertz CT molecular complexity index is 1170. The number of aliphatic hydroxyl groups is 1. The van der Waals surface area contributed by atoms with Gasteiger partial charge in [0.2, 0.25) is 0 Å². The van der Waals surface area contributed by atoms with Crippen LogP contribution in [0.5, 0.6) is 0 Å². The van der Waals surface area contributed by atoms with Gasteiger partial charge in [0, 0.05) is 36.1 Å². The van der Waals surface area contributed by atoms with Crippen molar-refractivity contribution in [3.8, 4) is 6.19 Å². The summed E-state index contributed by atoms with van der Waals surface area (Å²) in [4.78, 5) is 35.7. The zero-order valence-corrected chi connectivity index (χ0v) is 22.9. The molecule has 3 atom stereocenters. The average molecular weight is 518 g/mol. The van der Waals surface area contributed by atoms with Gasteiger partial charge in [-0.1, -0.05) is 58.2 Å². The van der Waals surface area contributed by atoms with Crippen molar-refractivity contribution < 1.29 is 14.7 Å². The molecule has 2 aromatic rings. The van der Waals surface area contributed by atoms with Gasteiger partial charge in [0.05, 0.1) is 12.6 Å². The summed E-state index contributed by atoms with van der Waals surface area (Å²) < 4.78 is 0. The van der Waals surface area contributed by atoms with Crippen LogP contribution in [0.25, 0.3) is 0 Å². The molecule has 2 heterocycles. The number of aliphatic hydroxyl groups excluding tert-OH is 1. The second kappa shape index (κ2) is 11.1. The van der Waals surface area contributed by atoms with E-state index in [0.717, 1.165) is 37.7 Å². The summed E-state index contributed by atoms with van der Waals surface area (Å²) in [5, 5.41) is 23.3. The predicted molar refractivity (Wildman–Crippen MR) is 146 cm³/mol. The van der Waals surface area contributed by atoms with Crippen LogP contribution >= 0.6 is 0 Å². The normalized spacial score (nSPS) is 21.8. The smallest absolute Gasteiger partial charge is 0.251 e. The van der Waals surface area contributed by atoms with Crippen LogP contribution in [0, 0.1) is 11.5 Å². The molecule has 2 N–H and O–H groups in total. The van der Waals surface area contributed by atoms with Crippen molar-refractivity contribution in [3.05, 3.63) is 59.9 Å². The molecule has 0 spiro atoms. The quantitative estimate of drug-likeness (QED) is 0.561. The fourth-order valence-corrected chi connectivity index (χ4v) is 5.61. The van der Waals surface area contributed by atoms with E-state index in [4.69, 9.17) is 0 Å². The highest BCUT2D eigenvalue weighted by Gasteiger charge is 2.49. The number of nitrogens with zero attached hydrogens (tertiary/aromatic N) is 4. The molecule has 1 aromatic heterocycles. The van der Waals surface area contributed by atoms with Gasteiger partial charge in [-0.25, -0.2) is 0 Å². The molecule has 8 heteroatoms. The number of hydrogen-bond acceptors (Lipinski definition) is 6. The van der Waals surface area contributed by atoms with E-state index >= 15 is 0 Å². The lowest BCUT2D eigenvalue weighted by atomic mass is 9.85. The monoisotopic (exact) mass is 517 g/mol. The van der Waals surface area contributed by atoms with Gasteiger partial charge in [-0.05, 0) is 48.9 Å². The molecule has 1 unspecified atom stereocenters. The Labute approximate surface area is 225 Å². The minimum Gasteiger partial charge on any atom is -0.391 e. The maximum absolute atomic E-state index is 14.4. The number of amides is 2. The van der Waals surface area contributed by atoms with E-state index in [-0.39, 0.29) is 30.3 Å². The van der Waals surface area contributed by atoms with Gasteiger partial charge >= 0.3 is 0 Å². The topological polar surface area (TPSA) is 110 Å². The Hall–Kier alpha value is -3.44. The number of rotatable bonds is 6. The molecular formula is C30H39N5O3. The summed E-state index contributed by atoms with van der Waals surface area (Å²) >= 11 is 0. The number of carbonyl (C=O) groups is 2. The van der Waals surface area contributed by atoms with Gasteiger partial charge in [0.25, 0.3) is 11.8 Å². The van der Waals surface area contributed by atoms with Crippen LogP contribution in [-0.2, 0) is 20.5 Å². The van der Waals surface area contributed by atoms with E-state index < -0.39 is 23.6 Å². The van der Waals surface area contributed by atoms with E-state index in [1.165, 1.54) is 9.80 Å². The van der Waals surface area contributed by atoms with E-state index in [1.54, 1.807) is 25.4 Å². The van der Waals surface area contributed by atoms with Crippen molar-refractivity contribution >= 4 is 17.5 Å². The highest BCUT2D eigenvalue weighted by Crippen LogP contribution is 2.37. The minimum absolute atomic E-state index is 0.0383. The van der Waals surface area contributed by atoms with Crippen LogP contribution in [0.1, 0.15) is 77.3 Å². The van der Waals surface area contributed by atoms with Crippen LogP contribution in [0.4, 0.5) is 5.69 Å².